The number of nitrogen functional groups attached to an aromatic ring is 1. The minimum Gasteiger partial charge on any atom is -0.379 e. The first-order valence-electron chi connectivity index (χ1n) is 3.57. The molecule has 8 heteroatoms. The van der Waals surface area contributed by atoms with Crippen molar-refractivity contribution in [1.29, 1.82) is 0 Å². The third kappa shape index (κ3) is 1.45. The summed E-state index contributed by atoms with van der Waals surface area (Å²) in [5, 5.41) is 18.4. The molecule has 2 aromatic heterocycles. The molecule has 0 unspecified atom stereocenters. The molecule has 0 atom stereocenters. The van der Waals surface area contributed by atoms with Gasteiger partial charge in [-0.3, -0.25) is 0 Å². The molecule has 13 heavy (non-hydrogen) atoms. The average molecular weight is 181 g/mol. The smallest absolute Gasteiger partial charge is 0.193 e. The van der Waals surface area contributed by atoms with Crippen LogP contribution in [0.2, 0.25) is 0 Å². The number of nitrogens with zero attached hydrogens (tertiary/aromatic N) is 6. The predicted octanol–water partition coefficient (Wildman–Crippen LogP) is -1.00. The lowest BCUT2D eigenvalue weighted by Crippen LogP contribution is -2.06. The van der Waals surface area contributed by atoms with Gasteiger partial charge in [-0.1, -0.05) is 5.16 Å². The summed E-state index contributed by atoms with van der Waals surface area (Å²) in [5.41, 5.74) is 5.94. The zero-order valence-corrected chi connectivity index (χ0v) is 6.88. The number of anilines is 1. The molecule has 0 saturated heterocycles. The summed E-state index contributed by atoms with van der Waals surface area (Å²) in [6, 6.07) is 0. The lowest BCUT2D eigenvalue weighted by Gasteiger charge is -1.91. The maximum Gasteiger partial charge on any atom is 0.193 e. The van der Waals surface area contributed by atoms with Crippen molar-refractivity contribution < 1.29 is 4.63 Å². The molecule has 2 heterocycles. The second-order valence-corrected chi connectivity index (χ2v) is 2.46. The molecular weight excluding hydrogens is 174 g/mol. The molecule has 2 aromatic rings. The van der Waals surface area contributed by atoms with Crippen molar-refractivity contribution in [3.8, 4) is 0 Å². The predicted molar refractivity (Wildman–Crippen MR) is 40.4 cm³/mol. The number of rotatable bonds is 2. The van der Waals surface area contributed by atoms with E-state index in [1.807, 2.05) is 0 Å². The fraction of sp³-hybridized carbons (Fsp3) is 0.400. The highest BCUT2D eigenvalue weighted by molar-refractivity contribution is 5.30. The molecule has 0 aliphatic carbocycles. The zero-order valence-electron chi connectivity index (χ0n) is 6.88. The second-order valence-electron chi connectivity index (χ2n) is 2.46. The first-order valence-corrected chi connectivity index (χ1v) is 3.57. The van der Waals surface area contributed by atoms with Crippen molar-refractivity contribution in [2.45, 2.75) is 13.5 Å². The Morgan fingerprint density at radius 3 is 2.85 bits per heavy atom. The van der Waals surface area contributed by atoms with Crippen LogP contribution >= 0.6 is 0 Å². The summed E-state index contributed by atoms with van der Waals surface area (Å²) in [5.74, 6) is 0.838. The van der Waals surface area contributed by atoms with Gasteiger partial charge in [-0.05, 0) is 17.3 Å². The van der Waals surface area contributed by atoms with Crippen LogP contribution in [-0.4, -0.2) is 30.5 Å². The van der Waals surface area contributed by atoms with Gasteiger partial charge in [-0.15, -0.1) is 10.2 Å². The van der Waals surface area contributed by atoms with Crippen molar-refractivity contribution in [2.75, 3.05) is 5.73 Å². The van der Waals surface area contributed by atoms with Gasteiger partial charge in [-0.25, -0.2) is 4.63 Å². The van der Waals surface area contributed by atoms with Gasteiger partial charge >= 0.3 is 0 Å². The van der Waals surface area contributed by atoms with Gasteiger partial charge in [0.25, 0.3) is 0 Å². The highest BCUT2D eigenvalue weighted by Gasteiger charge is 2.08. The summed E-state index contributed by atoms with van der Waals surface area (Å²) in [4.78, 5) is 1.37. The third-order valence-electron chi connectivity index (χ3n) is 1.43. The molecule has 0 aliphatic heterocycles. The highest BCUT2D eigenvalue weighted by atomic mass is 16.6. The first-order chi connectivity index (χ1) is 6.25. The van der Waals surface area contributed by atoms with Crippen LogP contribution in [0.3, 0.4) is 0 Å². The summed E-state index contributed by atoms with van der Waals surface area (Å²) in [6.07, 6.45) is 0. The maximum atomic E-state index is 5.44. The monoisotopic (exact) mass is 181 g/mol. The summed E-state index contributed by atoms with van der Waals surface area (Å²) in [6.45, 7) is 2.06. The first kappa shape index (κ1) is 7.65. The van der Waals surface area contributed by atoms with Crippen molar-refractivity contribution in [3.05, 3.63) is 11.5 Å². The van der Waals surface area contributed by atoms with Crippen LogP contribution < -0.4 is 5.73 Å². The van der Waals surface area contributed by atoms with Crippen molar-refractivity contribution in [2.24, 2.45) is 0 Å². The van der Waals surface area contributed by atoms with Gasteiger partial charge in [0.1, 0.15) is 6.54 Å². The van der Waals surface area contributed by atoms with Gasteiger partial charge < -0.3 is 5.73 Å². The molecule has 68 valence electrons. The Bertz CT molecular complexity index is 404. The Kier molecular flexibility index (Phi) is 1.65. The van der Waals surface area contributed by atoms with Crippen LogP contribution in [0.5, 0.6) is 0 Å². The van der Waals surface area contributed by atoms with Gasteiger partial charge in [-0.2, -0.15) is 4.80 Å². The highest BCUT2D eigenvalue weighted by Crippen LogP contribution is 2.04. The minimum absolute atomic E-state index is 0.245. The molecule has 0 aliphatic rings. The summed E-state index contributed by atoms with van der Waals surface area (Å²) in [7, 11) is 0. The van der Waals surface area contributed by atoms with Gasteiger partial charge in [0, 0.05) is 0 Å². The van der Waals surface area contributed by atoms with Crippen LogP contribution in [0.15, 0.2) is 4.63 Å². The van der Waals surface area contributed by atoms with E-state index in [0.29, 0.717) is 18.1 Å². The van der Waals surface area contributed by atoms with E-state index < -0.39 is 0 Å². The Labute approximate surface area is 72.7 Å². The average Bonchev–Trinajstić information content (AvgIpc) is 2.64. The van der Waals surface area contributed by atoms with E-state index in [4.69, 9.17) is 5.73 Å². The van der Waals surface area contributed by atoms with Crippen LogP contribution in [0.4, 0.5) is 5.82 Å². The molecule has 8 nitrogen and oxygen atoms in total. The largest absolute Gasteiger partial charge is 0.379 e. The van der Waals surface area contributed by atoms with Crippen LogP contribution in [0, 0.1) is 6.92 Å². The Hall–Kier alpha value is -1.99. The van der Waals surface area contributed by atoms with Crippen LogP contribution in [0.25, 0.3) is 0 Å². The summed E-state index contributed by atoms with van der Waals surface area (Å²) >= 11 is 0. The Morgan fingerprint density at radius 2 is 2.31 bits per heavy atom. The molecule has 0 aromatic carbocycles. The number of hydrogen-bond acceptors (Lipinski definition) is 7. The van der Waals surface area contributed by atoms with Crippen molar-refractivity contribution in [1.82, 2.24) is 30.5 Å². The van der Waals surface area contributed by atoms with E-state index in [0.717, 1.165) is 0 Å². The fourth-order valence-electron chi connectivity index (χ4n) is 0.847. The van der Waals surface area contributed by atoms with Gasteiger partial charge in [0.05, 0.1) is 0 Å². The van der Waals surface area contributed by atoms with E-state index in [9.17, 15) is 0 Å². The van der Waals surface area contributed by atoms with Crippen LogP contribution in [-0.2, 0) is 6.54 Å². The lowest BCUT2D eigenvalue weighted by molar-refractivity contribution is 0.303. The fourth-order valence-corrected chi connectivity index (χ4v) is 0.847. The number of hydrogen-bond donors (Lipinski definition) is 1. The maximum absolute atomic E-state index is 5.44. The molecule has 2 N–H and O–H groups in total. The topological polar surface area (TPSA) is 109 Å². The summed E-state index contributed by atoms with van der Waals surface area (Å²) < 4.78 is 4.41. The number of tetrazole rings is 1. The molecule has 0 radical (unpaired) electrons. The van der Waals surface area contributed by atoms with E-state index >= 15 is 0 Å². The molecule has 0 amide bonds. The second kappa shape index (κ2) is 2.81. The van der Waals surface area contributed by atoms with Crippen LogP contribution in [0.1, 0.15) is 11.5 Å². The van der Waals surface area contributed by atoms with Gasteiger partial charge in [0.15, 0.2) is 17.3 Å². The van der Waals surface area contributed by atoms with Crippen molar-refractivity contribution >= 4 is 5.82 Å². The molecule has 0 fully saturated rings. The molecule has 0 spiro atoms. The molecule has 0 saturated carbocycles. The molecular formula is C5H7N7O. The van der Waals surface area contributed by atoms with Crippen molar-refractivity contribution in [3.63, 3.8) is 0 Å². The Balaban J connectivity index is 2.19. The normalized spacial score (nSPS) is 10.5. The lowest BCUT2D eigenvalue weighted by atomic mass is 10.4. The number of nitrogens with two attached hydrogens (primary N) is 1. The van der Waals surface area contributed by atoms with E-state index in [2.05, 4.69) is 30.4 Å². The number of aromatic nitrogens is 6. The van der Waals surface area contributed by atoms with E-state index in [1.165, 1.54) is 4.80 Å². The molecule has 2 rings (SSSR count). The SMILES string of the molecule is Cc1nnn(Cc2nonc2N)n1. The standard InChI is InChI=1S/C5H7N7O/c1-3-7-11-12(8-3)2-4-5(6)10-13-9-4/h2H2,1H3,(H2,6,10). The third-order valence-corrected chi connectivity index (χ3v) is 1.43. The Morgan fingerprint density at radius 1 is 1.46 bits per heavy atom. The zero-order chi connectivity index (χ0) is 9.26. The quantitative estimate of drug-likeness (QED) is 0.632. The van der Waals surface area contributed by atoms with E-state index in [1.54, 1.807) is 6.92 Å². The molecule has 0 bridgehead atoms. The van der Waals surface area contributed by atoms with Gasteiger partial charge in [0.2, 0.25) is 0 Å². The number of aryl methyl sites for hydroxylation is 1. The van der Waals surface area contributed by atoms with E-state index in [-0.39, 0.29) is 5.82 Å². The minimum atomic E-state index is 0.245.